The van der Waals surface area contributed by atoms with Crippen LogP contribution in [0.2, 0.25) is 0 Å². The van der Waals surface area contributed by atoms with Crippen molar-refractivity contribution in [2.24, 2.45) is 11.8 Å². The third-order valence-electron chi connectivity index (χ3n) is 2.91. The highest BCUT2D eigenvalue weighted by atomic mass is 16.7. The summed E-state index contributed by atoms with van der Waals surface area (Å²) in [6, 6.07) is -0.537. The maximum absolute atomic E-state index is 11.8. The van der Waals surface area contributed by atoms with E-state index in [1.807, 2.05) is 6.92 Å². The van der Waals surface area contributed by atoms with Crippen molar-refractivity contribution in [3.05, 3.63) is 0 Å². The van der Waals surface area contributed by atoms with Crippen molar-refractivity contribution < 1.29 is 14.4 Å². The second-order valence-corrected chi connectivity index (χ2v) is 4.08. The van der Waals surface area contributed by atoms with Crippen LogP contribution in [0, 0.1) is 11.8 Å². The number of hydroxylamine groups is 1. The van der Waals surface area contributed by atoms with Gasteiger partial charge in [-0.25, -0.2) is 5.48 Å². The van der Waals surface area contributed by atoms with E-state index in [2.05, 4.69) is 16.1 Å². The third-order valence-corrected chi connectivity index (χ3v) is 2.91. The third kappa shape index (κ3) is 2.10. The summed E-state index contributed by atoms with van der Waals surface area (Å²) in [7, 11) is 0. The Hall–Kier alpha value is -1.14. The number of rotatable bonds is 2. The Morgan fingerprint density at radius 1 is 1.53 bits per heavy atom. The van der Waals surface area contributed by atoms with Gasteiger partial charge in [0.25, 0.3) is 5.91 Å². The van der Waals surface area contributed by atoms with Gasteiger partial charge in [0.15, 0.2) is 0 Å². The molecule has 0 aromatic heterocycles. The fourth-order valence-corrected chi connectivity index (χ4v) is 1.89. The molecule has 6 nitrogen and oxygen atoms in total. The lowest BCUT2D eigenvalue weighted by Gasteiger charge is -2.15. The number of hydrogen-bond acceptors (Lipinski definition) is 4. The van der Waals surface area contributed by atoms with Crippen LogP contribution in [-0.2, 0) is 14.4 Å². The molecular formula is C9H15N3O3. The van der Waals surface area contributed by atoms with Crippen LogP contribution in [0.25, 0.3) is 0 Å². The van der Waals surface area contributed by atoms with Crippen molar-refractivity contribution >= 4 is 11.8 Å². The second-order valence-electron chi connectivity index (χ2n) is 4.08. The molecule has 0 bridgehead atoms. The monoisotopic (exact) mass is 213 g/mol. The molecular weight excluding hydrogens is 198 g/mol. The molecule has 0 aliphatic carbocycles. The average Bonchev–Trinajstić information content (AvgIpc) is 2.76. The predicted molar refractivity (Wildman–Crippen MR) is 51.5 cm³/mol. The van der Waals surface area contributed by atoms with Crippen LogP contribution >= 0.6 is 0 Å². The molecule has 0 saturated carbocycles. The van der Waals surface area contributed by atoms with Crippen LogP contribution in [0.15, 0.2) is 0 Å². The number of nitrogens with one attached hydrogen (secondary N) is 3. The normalized spacial score (nSPS) is 35.3. The molecule has 2 aliphatic heterocycles. The number of carbonyl (C=O) groups excluding carboxylic acids is 2. The molecule has 6 heteroatoms. The smallest absolute Gasteiger partial charge is 0.268 e. The molecule has 3 N–H and O–H groups in total. The van der Waals surface area contributed by atoms with E-state index in [4.69, 9.17) is 4.84 Å². The van der Waals surface area contributed by atoms with Gasteiger partial charge in [-0.05, 0) is 12.5 Å². The zero-order chi connectivity index (χ0) is 10.8. The lowest BCUT2D eigenvalue weighted by molar-refractivity contribution is -0.130. The molecule has 2 fully saturated rings. The van der Waals surface area contributed by atoms with E-state index < -0.39 is 6.04 Å². The Morgan fingerprint density at radius 3 is 2.87 bits per heavy atom. The summed E-state index contributed by atoms with van der Waals surface area (Å²) in [5.74, 6) is -0.0751. The van der Waals surface area contributed by atoms with Gasteiger partial charge in [0, 0.05) is 6.54 Å². The second kappa shape index (κ2) is 4.16. The molecule has 2 rings (SSSR count). The van der Waals surface area contributed by atoms with Gasteiger partial charge in [-0.2, -0.15) is 0 Å². The van der Waals surface area contributed by atoms with Crippen LogP contribution in [0.5, 0.6) is 0 Å². The summed E-state index contributed by atoms with van der Waals surface area (Å²) in [5.41, 5.74) is 2.21. The van der Waals surface area contributed by atoms with Gasteiger partial charge >= 0.3 is 0 Å². The highest BCUT2D eigenvalue weighted by molar-refractivity contribution is 5.89. The van der Waals surface area contributed by atoms with Gasteiger partial charge in [-0.3, -0.25) is 14.4 Å². The van der Waals surface area contributed by atoms with Crippen molar-refractivity contribution in [2.75, 3.05) is 19.7 Å². The quantitative estimate of drug-likeness (QED) is 0.515. The lowest BCUT2D eigenvalue weighted by Crippen LogP contribution is -2.45. The Morgan fingerprint density at radius 2 is 2.33 bits per heavy atom. The largest absolute Gasteiger partial charge is 0.342 e. The summed E-state index contributed by atoms with van der Waals surface area (Å²) in [6.45, 7) is 3.77. The molecule has 0 spiro atoms. The fraction of sp³-hybridized carbons (Fsp3) is 0.778. The Labute approximate surface area is 87.7 Å². The Bertz CT molecular complexity index is 282. The maximum atomic E-state index is 11.8. The SMILES string of the molecule is CC1CNCC1C(=O)N[C@@H]1CONC1=O. The van der Waals surface area contributed by atoms with E-state index >= 15 is 0 Å². The molecule has 2 saturated heterocycles. The van der Waals surface area contributed by atoms with Crippen molar-refractivity contribution in [1.82, 2.24) is 16.1 Å². The van der Waals surface area contributed by atoms with Gasteiger partial charge < -0.3 is 10.6 Å². The molecule has 2 heterocycles. The van der Waals surface area contributed by atoms with Crippen LogP contribution in [0.1, 0.15) is 6.92 Å². The van der Waals surface area contributed by atoms with Gasteiger partial charge in [-0.15, -0.1) is 0 Å². The first-order valence-corrected chi connectivity index (χ1v) is 5.11. The van der Waals surface area contributed by atoms with Gasteiger partial charge in [0.05, 0.1) is 5.92 Å². The molecule has 0 aromatic carbocycles. The Kier molecular flexibility index (Phi) is 2.88. The van der Waals surface area contributed by atoms with Crippen LogP contribution in [-0.4, -0.2) is 37.6 Å². The molecule has 0 radical (unpaired) electrons. The van der Waals surface area contributed by atoms with Crippen LogP contribution in [0.4, 0.5) is 0 Å². The van der Waals surface area contributed by atoms with Crippen molar-refractivity contribution in [1.29, 1.82) is 0 Å². The molecule has 3 atom stereocenters. The first-order chi connectivity index (χ1) is 7.18. The van der Waals surface area contributed by atoms with Crippen molar-refractivity contribution in [3.63, 3.8) is 0 Å². The predicted octanol–water partition coefficient (Wildman–Crippen LogP) is -1.61. The first-order valence-electron chi connectivity index (χ1n) is 5.11. The minimum atomic E-state index is -0.537. The lowest BCUT2D eigenvalue weighted by atomic mass is 9.97. The maximum Gasteiger partial charge on any atom is 0.268 e. The molecule has 84 valence electrons. The van der Waals surface area contributed by atoms with E-state index in [1.165, 1.54) is 0 Å². The minimum Gasteiger partial charge on any atom is -0.342 e. The van der Waals surface area contributed by atoms with Crippen LogP contribution in [0.3, 0.4) is 0 Å². The van der Waals surface area contributed by atoms with Crippen molar-refractivity contribution in [3.8, 4) is 0 Å². The zero-order valence-electron chi connectivity index (χ0n) is 8.58. The molecule has 2 unspecified atom stereocenters. The van der Waals surface area contributed by atoms with E-state index in [1.54, 1.807) is 0 Å². The molecule has 2 aliphatic rings. The topological polar surface area (TPSA) is 79.5 Å². The fourth-order valence-electron chi connectivity index (χ4n) is 1.89. The highest BCUT2D eigenvalue weighted by Crippen LogP contribution is 2.16. The molecule has 0 aromatic rings. The standard InChI is InChI=1S/C9H15N3O3/c1-5-2-10-3-6(5)8(13)11-7-4-15-12-9(7)14/h5-7,10H,2-4H2,1H3,(H,11,13)(H,12,14)/t5?,6?,7-/m1/s1. The number of carbonyl (C=O) groups is 2. The van der Waals surface area contributed by atoms with E-state index in [9.17, 15) is 9.59 Å². The highest BCUT2D eigenvalue weighted by Gasteiger charge is 2.34. The van der Waals surface area contributed by atoms with E-state index in [0.29, 0.717) is 12.5 Å². The average molecular weight is 213 g/mol. The summed E-state index contributed by atoms with van der Waals surface area (Å²) < 4.78 is 0. The summed E-state index contributed by atoms with van der Waals surface area (Å²) in [4.78, 5) is 27.6. The summed E-state index contributed by atoms with van der Waals surface area (Å²) in [5, 5.41) is 5.83. The first kappa shape index (κ1) is 10.4. The van der Waals surface area contributed by atoms with Gasteiger partial charge in [-0.1, -0.05) is 6.92 Å². The van der Waals surface area contributed by atoms with Gasteiger partial charge in [0.2, 0.25) is 5.91 Å². The number of amides is 2. The zero-order valence-corrected chi connectivity index (χ0v) is 8.58. The Balaban J connectivity index is 1.88. The van der Waals surface area contributed by atoms with Crippen LogP contribution < -0.4 is 16.1 Å². The molecule has 15 heavy (non-hydrogen) atoms. The van der Waals surface area contributed by atoms with Gasteiger partial charge in [0.1, 0.15) is 12.6 Å². The van der Waals surface area contributed by atoms with E-state index in [-0.39, 0.29) is 24.3 Å². The minimum absolute atomic E-state index is 0.0431. The summed E-state index contributed by atoms with van der Waals surface area (Å²) in [6.07, 6.45) is 0. The number of hydrogen-bond donors (Lipinski definition) is 3. The van der Waals surface area contributed by atoms with E-state index in [0.717, 1.165) is 6.54 Å². The molecule has 2 amide bonds. The van der Waals surface area contributed by atoms with Crippen molar-refractivity contribution in [2.45, 2.75) is 13.0 Å². The summed E-state index contributed by atoms with van der Waals surface area (Å²) >= 11 is 0.